The molecule has 5 nitrogen and oxygen atoms in total. The second-order valence-electron chi connectivity index (χ2n) is 3.91. The summed E-state index contributed by atoms with van der Waals surface area (Å²) in [6.45, 7) is 2.75. The van der Waals surface area contributed by atoms with Gasteiger partial charge in [-0.05, 0) is 13.0 Å². The normalized spacial score (nSPS) is 10.8. The largest absolute Gasteiger partial charge is 0.505 e. The number of aromatic hydroxyl groups is 1. The van der Waals surface area contributed by atoms with Crippen molar-refractivity contribution in [3.05, 3.63) is 41.3 Å². The standard InChI is InChI=1S/C12H14FN3O2/c1-8-15-11(18-16-8)5-6-14-7-9-3-2-4-10(13)12(9)17/h2-4,14,17H,5-7H2,1H3. The molecule has 0 fully saturated rings. The third kappa shape index (κ3) is 3.04. The summed E-state index contributed by atoms with van der Waals surface area (Å²) in [6, 6.07) is 4.45. The number of nitrogens with zero attached hydrogens (tertiary/aromatic N) is 2. The Kier molecular flexibility index (Phi) is 3.88. The number of halogens is 1. The van der Waals surface area contributed by atoms with Crippen molar-refractivity contribution in [1.29, 1.82) is 0 Å². The highest BCUT2D eigenvalue weighted by atomic mass is 19.1. The fraction of sp³-hybridized carbons (Fsp3) is 0.333. The van der Waals surface area contributed by atoms with E-state index in [1.165, 1.54) is 6.07 Å². The summed E-state index contributed by atoms with van der Waals surface area (Å²) in [6.07, 6.45) is 0.594. The summed E-state index contributed by atoms with van der Waals surface area (Å²) in [7, 11) is 0. The van der Waals surface area contributed by atoms with Gasteiger partial charge in [0.15, 0.2) is 17.4 Å². The monoisotopic (exact) mass is 251 g/mol. The third-order valence-electron chi connectivity index (χ3n) is 2.47. The molecule has 96 valence electrons. The number of nitrogens with one attached hydrogen (secondary N) is 1. The predicted octanol–water partition coefficient (Wildman–Crippen LogP) is 1.56. The maximum absolute atomic E-state index is 13.0. The van der Waals surface area contributed by atoms with Crippen LogP contribution in [-0.4, -0.2) is 21.8 Å². The second kappa shape index (κ2) is 5.59. The van der Waals surface area contributed by atoms with Gasteiger partial charge in [0.25, 0.3) is 0 Å². The number of phenols is 1. The molecule has 2 aromatic rings. The van der Waals surface area contributed by atoms with Crippen LogP contribution in [0.15, 0.2) is 22.7 Å². The van der Waals surface area contributed by atoms with Crippen LogP contribution in [0.25, 0.3) is 0 Å². The van der Waals surface area contributed by atoms with Crippen LogP contribution < -0.4 is 5.32 Å². The lowest BCUT2D eigenvalue weighted by atomic mass is 10.2. The first-order chi connectivity index (χ1) is 8.66. The number of para-hydroxylation sites is 1. The van der Waals surface area contributed by atoms with E-state index >= 15 is 0 Å². The lowest BCUT2D eigenvalue weighted by molar-refractivity contribution is 0.372. The lowest BCUT2D eigenvalue weighted by Gasteiger charge is -2.06. The minimum atomic E-state index is -0.609. The Morgan fingerprint density at radius 3 is 3.00 bits per heavy atom. The number of hydrogen-bond donors (Lipinski definition) is 2. The van der Waals surface area contributed by atoms with Gasteiger partial charge >= 0.3 is 0 Å². The van der Waals surface area contributed by atoms with Crippen molar-refractivity contribution >= 4 is 0 Å². The van der Waals surface area contributed by atoms with E-state index < -0.39 is 5.82 Å². The van der Waals surface area contributed by atoms with Gasteiger partial charge in [0.2, 0.25) is 5.89 Å². The molecule has 1 heterocycles. The summed E-state index contributed by atoms with van der Waals surface area (Å²) in [5.41, 5.74) is 0.525. The molecule has 0 atom stereocenters. The van der Waals surface area contributed by atoms with E-state index in [2.05, 4.69) is 15.5 Å². The molecule has 0 saturated carbocycles. The summed E-state index contributed by atoms with van der Waals surface area (Å²) < 4.78 is 18.0. The fourth-order valence-corrected chi connectivity index (χ4v) is 1.56. The van der Waals surface area contributed by atoms with Crippen molar-refractivity contribution in [3.63, 3.8) is 0 Å². The molecule has 2 rings (SSSR count). The zero-order valence-corrected chi connectivity index (χ0v) is 9.98. The summed E-state index contributed by atoms with van der Waals surface area (Å²) in [5.74, 6) is 0.247. The van der Waals surface area contributed by atoms with Crippen LogP contribution in [0.5, 0.6) is 5.75 Å². The van der Waals surface area contributed by atoms with Gasteiger partial charge in [-0.25, -0.2) is 4.39 Å². The minimum Gasteiger partial charge on any atom is -0.505 e. The van der Waals surface area contributed by atoms with Crippen LogP contribution in [0.2, 0.25) is 0 Å². The summed E-state index contributed by atoms with van der Waals surface area (Å²) in [4.78, 5) is 4.06. The van der Waals surface area contributed by atoms with Crippen LogP contribution in [-0.2, 0) is 13.0 Å². The molecule has 2 N–H and O–H groups in total. The molecule has 0 bridgehead atoms. The number of aryl methyl sites for hydroxylation is 1. The third-order valence-corrected chi connectivity index (χ3v) is 2.47. The molecule has 1 aromatic carbocycles. The molecule has 0 spiro atoms. The highest BCUT2D eigenvalue weighted by Crippen LogP contribution is 2.20. The first-order valence-electron chi connectivity index (χ1n) is 5.63. The molecule has 0 amide bonds. The fourth-order valence-electron chi connectivity index (χ4n) is 1.56. The molecular weight excluding hydrogens is 237 g/mol. The number of phenolic OH excluding ortho intramolecular Hbond substituents is 1. The van der Waals surface area contributed by atoms with Gasteiger partial charge in [-0.15, -0.1) is 0 Å². The zero-order valence-electron chi connectivity index (χ0n) is 9.98. The van der Waals surface area contributed by atoms with Crippen LogP contribution in [0.1, 0.15) is 17.3 Å². The van der Waals surface area contributed by atoms with Gasteiger partial charge < -0.3 is 14.9 Å². The Morgan fingerprint density at radius 2 is 2.28 bits per heavy atom. The molecule has 1 aromatic heterocycles. The van der Waals surface area contributed by atoms with Crippen LogP contribution in [0.4, 0.5) is 4.39 Å². The van der Waals surface area contributed by atoms with E-state index in [0.717, 1.165) is 0 Å². The Balaban J connectivity index is 1.80. The van der Waals surface area contributed by atoms with Crippen molar-refractivity contribution in [2.24, 2.45) is 0 Å². The molecule has 0 radical (unpaired) electrons. The van der Waals surface area contributed by atoms with Crippen molar-refractivity contribution in [3.8, 4) is 5.75 Å². The molecule has 18 heavy (non-hydrogen) atoms. The topological polar surface area (TPSA) is 71.2 Å². The van der Waals surface area contributed by atoms with Gasteiger partial charge in [-0.1, -0.05) is 17.3 Å². The quantitative estimate of drug-likeness (QED) is 0.789. The van der Waals surface area contributed by atoms with Crippen molar-refractivity contribution in [2.45, 2.75) is 19.9 Å². The van der Waals surface area contributed by atoms with Crippen LogP contribution >= 0.6 is 0 Å². The van der Waals surface area contributed by atoms with Crippen molar-refractivity contribution in [1.82, 2.24) is 15.5 Å². The first kappa shape index (κ1) is 12.5. The molecule has 0 unspecified atom stereocenters. The van der Waals surface area contributed by atoms with Gasteiger partial charge in [0, 0.05) is 25.1 Å². The minimum absolute atomic E-state index is 0.307. The Hall–Kier alpha value is -1.95. The van der Waals surface area contributed by atoms with E-state index in [1.807, 2.05) is 0 Å². The highest BCUT2D eigenvalue weighted by molar-refractivity contribution is 5.33. The molecule has 0 saturated heterocycles. The summed E-state index contributed by atoms with van der Waals surface area (Å²) in [5, 5.41) is 16.2. The Bertz CT molecular complexity index is 528. The molecule has 0 aliphatic heterocycles. The Morgan fingerprint density at radius 1 is 1.44 bits per heavy atom. The van der Waals surface area contributed by atoms with Crippen LogP contribution in [0.3, 0.4) is 0 Å². The molecule has 0 aliphatic rings. The zero-order chi connectivity index (χ0) is 13.0. The number of aromatic nitrogens is 2. The molecular formula is C12H14FN3O2. The first-order valence-corrected chi connectivity index (χ1v) is 5.63. The SMILES string of the molecule is Cc1noc(CCNCc2cccc(F)c2O)n1. The van der Waals surface area contributed by atoms with Gasteiger partial charge in [0.05, 0.1) is 0 Å². The van der Waals surface area contributed by atoms with Gasteiger partial charge in [-0.2, -0.15) is 4.98 Å². The van der Waals surface area contributed by atoms with Gasteiger partial charge in [0.1, 0.15) is 0 Å². The van der Waals surface area contributed by atoms with E-state index in [0.29, 0.717) is 36.8 Å². The predicted molar refractivity (Wildman–Crippen MR) is 62.5 cm³/mol. The number of hydrogen-bond acceptors (Lipinski definition) is 5. The van der Waals surface area contributed by atoms with E-state index in [1.54, 1.807) is 19.1 Å². The van der Waals surface area contributed by atoms with E-state index in [-0.39, 0.29) is 5.75 Å². The average Bonchev–Trinajstić information content (AvgIpc) is 2.76. The number of benzene rings is 1. The summed E-state index contributed by atoms with van der Waals surface area (Å²) >= 11 is 0. The van der Waals surface area contributed by atoms with Crippen LogP contribution in [0, 0.1) is 12.7 Å². The van der Waals surface area contributed by atoms with Gasteiger partial charge in [-0.3, -0.25) is 0 Å². The lowest BCUT2D eigenvalue weighted by Crippen LogP contribution is -2.17. The maximum Gasteiger partial charge on any atom is 0.227 e. The average molecular weight is 251 g/mol. The second-order valence-corrected chi connectivity index (χ2v) is 3.91. The van der Waals surface area contributed by atoms with E-state index in [9.17, 15) is 9.50 Å². The molecule has 0 aliphatic carbocycles. The Labute approximate surface area is 104 Å². The van der Waals surface area contributed by atoms with Crippen molar-refractivity contribution < 1.29 is 14.0 Å². The molecule has 6 heteroatoms. The van der Waals surface area contributed by atoms with Crippen molar-refractivity contribution in [2.75, 3.05) is 6.54 Å². The maximum atomic E-state index is 13.0. The highest BCUT2D eigenvalue weighted by Gasteiger charge is 2.06. The smallest absolute Gasteiger partial charge is 0.227 e. The van der Waals surface area contributed by atoms with E-state index in [4.69, 9.17) is 4.52 Å². The number of rotatable bonds is 5.